The van der Waals surface area contributed by atoms with E-state index in [1.54, 1.807) is 19.0 Å². The first-order valence-corrected chi connectivity index (χ1v) is 5.77. The van der Waals surface area contributed by atoms with Gasteiger partial charge in [0.2, 0.25) is 0 Å². The average Bonchev–Trinajstić information content (AvgIpc) is 2.94. The van der Waals surface area contributed by atoms with E-state index in [1.807, 2.05) is 12.1 Å². The van der Waals surface area contributed by atoms with Crippen LogP contribution in [0.4, 0.5) is 0 Å². The lowest BCUT2D eigenvalue weighted by Gasteiger charge is -2.08. The second kappa shape index (κ2) is 4.70. The number of aromatic nitrogens is 1. The minimum atomic E-state index is 0.0217. The molecule has 1 amide bonds. The topological polar surface area (TPSA) is 48.1 Å². The second-order valence-corrected chi connectivity index (χ2v) is 4.67. The Bertz CT molecular complexity index is 366. The molecule has 1 aromatic rings. The number of carbonyl (C=O) groups excluding carboxylic acids is 1. The molecule has 1 aliphatic rings. The molecule has 0 spiro atoms. The lowest BCUT2D eigenvalue weighted by Crippen LogP contribution is -2.22. The van der Waals surface area contributed by atoms with Crippen molar-refractivity contribution < 1.29 is 4.79 Å². The van der Waals surface area contributed by atoms with Crippen molar-refractivity contribution in [1.29, 1.82) is 0 Å². The first kappa shape index (κ1) is 11.2. The molecule has 2 N–H and O–H groups in total. The standard InChI is InChI=1S/C12H19N3O/c1-15(2)12(16)11-6-5-10(14-11)8-13-7-9-3-4-9/h5-6,9,13-14H,3-4,7-8H2,1-2H3. The molecule has 0 atom stereocenters. The number of hydrogen-bond donors (Lipinski definition) is 2. The van der Waals surface area contributed by atoms with Crippen LogP contribution < -0.4 is 5.32 Å². The fourth-order valence-electron chi connectivity index (χ4n) is 1.64. The Balaban J connectivity index is 1.83. The Morgan fingerprint density at radius 2 is 2.25 bits per heavy atom. The van der Waals surface area contributed by atoms with E-state index in [-0.39, 0.29) is 5.91 Å². The van der Waals surface area contributed by atoms with Gasteiger partial charge in [-0.15, -0.1) is 0 Å². The quantitative estimate of drug-likeness (QED) is 0.785. The van der Waals surface area contributed by atoms with Crippen LogP contribution in [0.15, 0.2) is 12.1 Å². The highest BCUT2D eigenvalue weighted by Gasteiger charge is 2.20. The van der Waals surface area contributed by atoms with Crippen molar-refractivity contribution in [2.75, 3.05) is 20.6 Å². The Hall–Kier alpha value is -1.29. The number of nitrogens with one attached hydrogen (secondary N) is 2. The summed E-state index contributed by atoms with van der Waals surface area (Å²) in [6.45, 7) is 1.91. The largest absolute Gasteiger partial charge is 0.353 e. The molecule has 1 fully saturated rings. The zero-order valence-electron chi connectivity index (χ0n) is 9.92. The maximum atomic E-state index is 11.6. The molecule has 4 heteroatoms. The number of aromatic amines is 1. The normalized spacial score (nSPS) is 15.1. The van der Waals surface area contributed by atoms with Gasteiger partial charge in [-0.2, -0.15) is 0 Å². The summed E-state index contributed by atoms with van der Waals surface area (Å²) in [4.78, 5) is 16.3. The zero-order chi connectivity index (χ0) is 11.5. The minimum Gasteiger partial charge on any atom is -0.353 e. The predicted molar refractivity (Wildman–Crippen MR) is 63.2 cm³/mol. The van der Waals surface area contributed by atoms with Gasteiger partial charge in [0.15, 0.2) is 0 Å². The maximum Gasteiger partial charge on any atom is 0.269 e. The van der Waals surface area contributed by atoms with Gasteiger partial charge < -0.3 is 15.2 Å². The summed E-state index contributed by atoms with van der Waals surface area (Å²) in [5.41, 5.74) is 1.74. The first-order chi connectivity index (χ1) is 7.66. The van der Waals surface area contributed by atoms with Crippen LogP contribution in [0.3, 0.4) is 0 Å². The molecule has 88 valence electrons. The summed E-state index contributed by atoms with van der Waals surface area (Å²) in [5.74, 6) is 0.909. The Labute approximate surface area is 96.0 Å². The number of H-pyrrole nitrogens is 1. The highest BCUT2D eigenvalue weighted by molar-refractivity contribution is 5.92. The molecule has 1 aromatic heterocycles. The molecule has 0 aromatic carbocycles. The lowest BCUT2D eigenvalue weighted by atomic mass is 10.4. The van der Waals surface area contributed by atoms with Crippen LogP contribution in [0, 0.1) is 5.92 Å². The average molecular weight is 221 g/mol. The predicted octanol–water partition coefficient (Wildman–Crippen LogP) is 1.22. The molecular weight excluding hydrogens is 202 g/mol. The van der Waals surface area contributed by atoms with E-state index in [9.17, 15) is 4.79 Å². The van der Waals surface area contributed by atoms with Crippen LogP contribution in [-0.2, 0) is 6.54 Å². The van der Waals surface area contributed by atoms with Crippen LogP contribution in [-0.4, -0.2) is 36.4 Å². The van der Waals surface area contributed by atoms with Crippen molar-refractivity contribution in [2.45, 2.75) is 19.4 Å². The number of rotatable bonds is 5. The van der Waals surface area contributed by atoms with E-state index in [0.29, 0.717) is 5.69 Å². The lowest BCUT2D eigenvalue weighted by molar-refractivity contribution is 0.0822. The molecule has 0 saturated heterocycles. The number of amides is 1. The summed E-state index contributed by atoms with van der Waals surface area (Å²) in [5, 5.41) is 3.39. The van der Waals surface area contributed by atoms with E-state index < -0.39 is 0 Å². The van der Waals surface area contributed by atoms with Crippen LogP contribution in [0.25, 0.3) is 0 Å². The van der Waals surface area contributed by atoms with Crippen LogP contribution in [0.2, 0.25) is 0 Å². The van der Waals surface area contributed by atoms with Crippen molar-refractivity contribution in [2.24, 2.45) is 5.92 Å². The summed E-state index contributed by atoms with van der Waals surface area (Å²) < 4.78 is 0. The van der Waals surface area contributed by atoms with Gasteiger partial charge in [0, 0.05) is 26.3 Å². The van der Waals surface area contributed by atoms with E-state index >= 15 is 0 Å². The first-order valence-electron chi connectivity index (χ1n) is 5.77. The van der Waals surface area contributed by atoms with Crippen molar-refractivity contribution in [3.8, 4) is 0 Å². The number of carbonyl (C=O) groups is 1. The Kier molecular flexibility index (Phi) is 3.29. The SMILES string of the molecule is CN(C)C(=O)c1ccc(CNCC2CC2)[nH]1. The van der Waals surface area contributed by atoms with Crippen molar-refractivity contribution in [3.05, 3.63) is 23.5 Å². The van der Waals surface area contributed by atoms with Gasteiger partial charge in [0.25, 0.3) is 5.91 Å². The Morgan fingerprint density at radius 1 is 1.50 bits per heavy atom. The molecule has 1 heterocycles. The van der Waals surface area contributed by atoms with Crippen molar-refractivity contribution >= 4 is 5.91 Å². The third-order valence-corrected chi connectivity index (χ3v) is 2.83. The van der Waals surface area contributed by atoms with Gasteiger partial charge in [0.05, 0.1) is 0 Å². The summed E-state index contributed by atoms with van der Waals surface area (Å²) in [6.07, 6.45) is 2.73. The highest BCUT2D eigenvalue weighted by Crippen LogP contribution is 2.27. The zero-order valence-corrected chi connectivity index (χ0v) is 9.92. The van der Waals surface area contributed by atoms with Gasteiger partial charge in [-0.05, 0) is 37.4 Å². The number of nitrogens with zero attached hydrogens (tertiary/aromatic N) is 1. The number of hydrogen-bond acceptors (Lipinski definition) is 2. The van der Waals surface area contributed by atoms with Crippen molar-refractivity contribution in [1.82, 2.24) is 15.2 Å². The molecule has 0 unspecified atom stereocenters. The third kappa shape index (κ3) is 2.85. The van der Waals surface area contributed by atoms with Crippen LogP contribution >= 0.6 is 0 Å². The maximum absolute atomic E-state index is 11.6. The van der Waals surface area contributed by atoms with Gasteiger partial charge >= 0.3 is 0 Å². The van der Waals surface area contributed by atoms with Gasteiger partial charge in [-0.3, -0.25) is 4.79 Å². The third-order valence-electron chi connectivity index (χ3n) is 2.83. The molecule has 1 aliphatic carbocycles. The van der Waals surface area contributed by atoms with Gasteiger partial charge in [-0.1, -0.05) is 0 Å². The van der Waals surface area contributed by atoms with Crippen LogP contribution in [0.1, 0.15) is 29.0 Å². The van der Waals surface area contributed by atoms with E-state index in [0.717, 1.165) is 24.7 Å². The second-order valence-electron chi connectivity index (χ2n) is 4.67. The molecule has 0 bridgehead atoms. The van der Waals surface area contributed by atoms with E-state index in [4.69, 9.17) is 0 Å². The fraction of sp³-hybridized carbons (Fsp3) is 0.583. The molecule has 2 rings (SSSR count). The minimum absolute atomic E-state index is 0.0217. The highest BCUT2D eigenvalue weighted by atomic mass is 16.2. The molecule has 4 nitrogen and oxygen atoms in total. The van der Waals surface area contributed by atoms with E-state index in [2.05, 4.69) is 10.3 Å². The Morgan fingerprint density at radius 3 is 2.88 bits per heavy atom. The van der Waals surface area contributed by atoms with Gasteiger partial charge in [0.1, 0.15) is 5.69 Å². The monoisotopic (exact) mass is 221 g/mol. The van der Waals surface area contributed by atoms with E-state index in [1.165, 1.54) is 12.8 Å². The smallest absolute Gasteiger partial charge is 0.269 e. The molecule has 0 aliphatic heterocycles. The summed E-state index contributed by atoms with van der Waals surface area (Å²) in [6, 6.07) is 3.81. The summed E-state index contributed by atoms with van der Waals surface area (Å²) in [7, 11) is 3.52. The van der Waals surface area contributed by atoms with Crippen LogP contribution in [0.5, 0.6) is 0 Å². The molecule has 0 radical (unpaired) electrons. The van der Waals surface area contributed by atoms with Gasteiger partial charge in [-0.25, -0.2) is 0 Å². The van der Waals surface area contributed by atoms with Crippen molar-refractivity contribution in [3.63, 3.8) is 0 Å². The molecular formula is C12H19N3O. The summed E-state index contributed by atoms with van der Waals surface area (Å²) >= 11 is 0. The molecule has 1 saturated carbocycles. The molecule has 16 heavy (non-hydrogen) atoms. The fourth-order valence-corrected chi connectivity index (χ4v) is 1.64.